The molecule has 0 aliphatic heterocycles. The molecule has 0 aliphatic rings. The Hall–Kier alpha value is -2.09. The molecule has 0 saturated heterocycles. The van der Waals surface area contributed by atoms with Crippen LogP contribution in [0.15, 0.2) is 41.1 Å². The summed E-state index contributed by atoms with van der Waals surface area (Å²) in [6.07, 6.45) is -1.62. The van der Waals surface area contributed by atoms with Crippen LogP contribution in [0.25, 0.3) is 0 Å². The summed E-state index contributed by atoms with van der Waals surface area (Å²) in [4.78, 5) is 18.2. The molecule has 0 atom stereocenters. The number of carbonyl (C=O) groups is 1. The lowest BCUT2D eigenvalue weighted by molar-refractivity contribution is -0.137. The fourth-order valence-electron chi connectivity index (χ4n) is 2.38. The van der Waals surface area contributed by atoms with Crippen LogP contribution in [0.3, 0.4) is 0 Å². The fourth-order valence-corrected chi connectivity index (χ4v) is 2.75. The first-order chi connectivity index (χ1) is 11.8. The molecule has 4 nitrogen and oxygen atoms in total. The van der Waals surface area contributed by atoms with E-state index in [0.29, 0.717) is 23.2 Å². The minimum absolute atomic E-state index is 0.114. The number of hydrogen-bond acceptors (Lipinski definition) is 3. The molecule has 1 heterocycles. The van der Waals surface area contributed by atoms with Crippen LogP contribution in [0, 0.1) is 0 Å². The maximum Gasteiger partial charge on any atom is 0.416 e. The number of alkyl halides is 3. The van der Waals surface area contributed by atoms with Gasteiger partial charge in [0.2, 0.25) is 0 Å². The first kappa shape index (κ1) is 19.2. The van der Waals surface area contributed by atoms with E-state index in [-0.39, 0.29) is 11.3 Å². The van der Waals surface area contributed by atoms with Crippen molar-refractivity contribution in [2.75, 3.05) is 23.3 Å². The minimum atomic E-state index is -4.49. The number of benzene rings is 1. The number of aromatic nitrogens is 1. The van der Waals surface area contributed by atoms with Crippen LogP contribution in [-0.4, -0.2) is 24.0 Å². The van der Waals surface area contributed by atoms with Gasteiger partial charge in [0, 0.05) is 30.0 Å². The molecule has 25 heavy (non-hydrogen) atoms. The molecule has 0 radical (unpaired) electrons. The van der Waals surface area contributed by atoms with Gasteiger partial charge in [-0.1, -0.05) is 0 Å². The van der Waals surface area contributed by atoms with E-state index in [1.54, 1.807) is 6.07 Å². The van der Waals surface area contributed by atoms with E-state index in [1.807, 2.05) is 18.7 Å². The number of halogens is 4. The first-order valence-corrected chi connectivity index (χ1v) is 8.43. The molecule has 1 N–H and O–H groups in total. The lowest BCUT2D eigenvalue weighted by atomic mass is 10.1. The highest BCUT2D eigenvalue weighted by atomic mass is 79.9. The van der Waals surface area contributed by atoms with Gasteiger partial charge >= 0.3 is 6.18 Å². The smallest absolute Gasteiger partial charge is 0.370 e. The fraction of sp³-hybridized carbons (Fsp3) is 0.294. The molecular weight excluding hydrogens is 399 g/mol. The quantitative estimate of drug-likeness (QED) is 0.750. The van der Waals surface area contributed by atoms with Crippen molar-refractivity contribution >= 4 is 33.2 Å². The number of anilines is 2. The van der Waals surface area contributed by atoms with Crippen molar-refractivity contribution in [3.8, 4) is 0 Å². The molecule has 1 amide bonds. The Balaban J connectivity index is 2.43. The zero-order valence-electron chi connectivity index (χ0n) is 13.7. The molecule has 0 fully saturated rings. The maximum atomic E-state index is 13.0. The van der Waals surface area contributed by atoms with Crippen LogP contribution in [0.1, 0.15) is 29.8 Å². The van der Waals surface area contributed by atoms with Gasteiger partial charge in [-0.2, -0.15) is 13.2 Å². The third-order valence-electron chi connectivity index (χ3n) is 3.64. The number of nitrogens with one attached hydrogen (secondary N) is 1. The van der Waals surface area contributed by atoms with Gasteiger partial charge in [-0.3, -0.25) is 9.78 Å². The second kappa shape index (κ2) is 7.86. The summed E-state index contributed by atoms with van der Waals surface area (Å²) in [6, 6.07) is 4.90. The van der Waals surface area contributed by atoms with Crippen molar-refractivity contribution in [3.05, 3.63) is 52.3 Å². The van der Waals surface area contributed by atoms with Crippen LogP contribution in [0.4, 0.5) is 24.5 Å². The third kappa shape index (κ3) is 4.72. The second-order valence-corrected chi connectivity index (χ2v) is 6.16. The van der Waals surface area contributed by atoms with Crippen molar-refractivity contribution in [1.82, 2.24) is 4.98 Å². The normalized spacial score (nSPS) is 11.3. The summed E-state index contributed by atoms with van der Waals surface area (Å²) >= 11 is 3.21. The summed E-state index contributed by atoms with van der Waals surface area (Å²) in [5.74, 6) is -0.526. The van der Waals surface area contributed by atoms with Crippen LogP contribution in [-0.2, 0) is 6.18 Å². The van der Waals surface area contributed by atoms with Gasteiger partial charge in [0.15, 0.2) is 0 Å². The standard InChI is InChI=1S/C17H17BrF3N3O/c1-3-24(4-2)15-6-5-12(17(19,20)21)8-14(15)23-16(25)11-7-13(18)10-22-9-11/h5-10H,3-4H2,1-2H3,(H,23,25). The van der Waals surface area contributed by atoms with Crippen LogP contribution in [0.5, 0.6) is 0 Å². The number of carbonyl (C=O) groups excluding carboxylic acids is 1. The lowest BCUT2D eigenvalue weighted by Crippen LogP contribution is -2.24. The molecule has 134 valence electrons. The molecule has 8 heteroatoms. The highest BCUT2D eigenvalue weighted by Crippen LogP contribution is 2.35. The Morgan fingerprint density at radius 3 is 2.44 bits per heavy atom. The maximum absolute atomic E-state index is 13.0. The van der Waals surface area contributed by atoms with Gasteiger partial charge in [0.25, 0.3) is 5.91 Å². The minimum Gasteiger partial charge on any atom is -0.370 e. The lowest BCUT2D eigenvalue weighted by Gasteiger charge is -2.25. The monoisotopic (exact) mass is 415 g/mol. The molecule has 0 spiro atoms. The zero-order valence-corrected chi connectivity index (χ0v) is 15.3. The molecule has 0 unspecified atom stereocenters. The Labute approximate surface area is 152 Å². The van der Waals surface area contributed by atoms with Gasteiger partial charge in [-0.25, -0.2) is 0 Å². The number of hydrogen-bond donors (Lipinski definition) is 1. The van der Waals surface area contributed by atoms with E-state index in [9.17, 15) is 18.0 Å². The van der Waals surface area contributed by atoms with Gasteiger partial charge in [-0.15, -0.1) is 0 Å². The Bertz CT molecular complexity index is 761. The van der Waals surface area contributed by atoms with E-state index in [4.69, 9.17) is 0 Å². The summed E-state index contributed by atoms with van der Waals surface area (Å²) in [7, 11) is 0. The van der Waals surface area contributed by atoms with Gasteiger partial charge in [-0.05, 0) is 54.0 Å². The van der Waals surface area contributed by atoms with Crippen molar-refractivity contribution in [1.29, 1.82) is 0 Å². The largest absolute Gasteiger partial charge is 0.416 e. The van der Waals surface area contributed by atoms with Crippen molar-refractivity contribution in [2.24, 2.45) is 0 Å². The predicted octanol–water partition coefficient (Wildman–Crippen LogP) is 4.96. The SMILES string of the molecule is CCN(CC)c1ccc(C(F)(F)F)cc1NC(=O)c1cncc(Br)c1. The Morgan fingerprint density at radius 1 is 1.20 bits per heavy atom. The summed E-state index contributed by atoms with van der Waals surface area (Å²) in [6.45, 7) is 4.99. The summed E-state index contributed by atoms with van der Waals surface area (Å²) < 4.78 is 39.7. The molecular formula is C17H17BrF3N3O. The van der Waals surface area contributed by atoms with Gasteiger partial charge < -0.3 is 10.2 Å². The second-order valence-electron chi connectivity index (χ2n) is 5.25. The average molecular weight is 416 g/mol. The highest BCUT2D eigenvalue weighted by Gasteiger charge is 2.31. The highest BCUT2D eigenvalue weighted by molar-refractivity contribution is 9.10. The van der Waals surface area contributed by atoms with Crippen molar-refractivity contribution < 1.29 is 18.0 Å². The topological polar surface area (TPSA) is 45.2 Å². The molecule has 1 aromatic heterocycles. The molecule has 0 bridgehead atoms. The summed E-state index contributed by atoms with van der Waals surface area (Å²) in [5, 5.41) is 2.57. The van der Waals surface area contributed by atoms with Crippen LogP contribution < -0.4 is 10.2 Å². The van der Waals surface area contributed by atoms with Gasteiger partial charge in [0.1, 0.15) is 0 Å². The van der Waals surface area contributed by atoms with Crippen LogP contribution in [0.2, 0.25) is 0 Å². The third-order valence-corrected chi connectivity index (χ3v) is 4.08. The number of nitrogens with zero attached hydrogens (tertiary/aromatic N) is 2. The molecule has 2 aromatic rings. The number of pyridine rings is 1. The van der Waals surface area contributed by atoms with Crippen molar-refractivity contribution in [3.63, 3.8) is 0 Å². The van der Waals surface area contributed by atoms with E-state index < -0.39 is 17.6 Å². The van der Waals surface area contributed by atoms with Crippen molar-refractivity contribution in [2.45, 2.75) is 20.0 Å². The first-order valence-electron chi connectivity index (χ1n) is 7.64. The predicted molar refractivity (Wildman–Crippen MR) is 94.9 cm³/mol. The van der Waals surface area contributed by atoms with E-state index in [0.717, 1.165) is 12.1 Å². The number of rotatable bonds is 5. The Kier molecular flexibility index (Phi) is 6.05. The van der Waals surface area contributed by atoms with E-state index >= 15 is 0 Å². The molecule has 0 saturated carbocycles. The van der Waals surface area contributed by atoms with Gasteiger partial charge in [0.05, 0.1) is 22.5 Å². The zero-order chi connectivity index (χ0) is 18.6. The summed E-state index contributed by atoms with van der Waals surface area (Å²) in [5.41, 5.74) is 0.0844. The molecule has 0 aliphatic carbocycles. The number of amides is 1. The molecule has 2 rings (SSSR count). The van der Waals surface area contributed by atoms with E-state index in [2.05, 4.69) is 26.2 Å². The molecule has 1 aromatic carbocycles. The Morgan fingerprint density at radius 2 is 1.88 bits per heavy atom. The van der Waals surface area contributed by atoms with E-state index in [1.165, 1.54) is 18.5 Å². The van der Waals surface area contributed by atoms with Crippen LogP contribution >= 0.6 is 15.9 Å². The average Bonchev–Trinajstić information content (AvgIpc) is 2.56.